The highest BCUT2D eigenvalue weighted by Gasteiger charge is 2.28. The Morgan fingerprint density at radius 1 is 1.19 bits per heavy atom. The highest BCUT2D eigenvalue weighted by molar-refractivity contribution is 7.91. The molecule has 114 valence electrons. The van der Waals surface area contributed by atoms with E-state index in [1.54, 1.807) is 18.2 Å². The van der Waals surface area contributed by atoms with Gasteiger partial charge in [0.05, 0.1) is 11.5 Å². The van der Waals surface area contributed by atoms with Crippen LogP contribution in [0.4, 0.5) is 0 Å². The number of hydrogen-bond donors (Lipinski definition) is 0. The summed E-state index contributed by atoms with van der Waals surface area (Å²) >= 11 is 0. The van der Waals surface area contributed by atoms with E-state index < -0.39 is 9.84 Å². The summed E-state index contributed by atoms with van der Waals surface area (Å²) in [5.41, 5.74) is 0. The van der Waals surface area contributed by atoms with Crippen LogP contribution in [0.25, 0.3) is 0 Å². The van der Waals surface area contributed by atoms with Gasteiger partial charge >= 0.3 is 0 Å². The second-order valence-corrected chi connectivity index (χ2v) is 6.56. The van der Waals surface area contributed by atoms with Gasteiger partial charge in [0, 0.05) is 6.54 Å². The third-order valence-electron chi connectivity index (χ3n) is 2.73. The van der Waals surface area contributed by atoms with Gasteiger partial charge in [-0.05, 0) is 43.0 Å². The Morgan fingerprint density at radius 3 is 2.57 bits per heavy atom. The van der Waals surface area contributed by atoms with Crippen molar-refractivity contribution in [3.63, 3.8) is 0 Å². The van der Waals surface area contributed by atoms with Crippen LogP contribution in [0.1, 0.15) is 6.42 Å². The van der Waals surface area contributed by atoms with E-state index in [4.69, 9.17) is 4.74 Å². The molecule has 0 saturated carbocycles. The molecule has 1 heterocycles. The number of aromatic nitrogens is 2. The summed E-state index contributed by atoms with van der Waals surface area (Å²) in [4.78, 5) is 2.13. The Kier molecular flexibility index (Phi) is 4.92. The smallest absolute Gasteiger partial charge is 0.295 e. The molecule has 0 N–H and O–H groups in total. The van der Waals surface area contributed by atoms with E-state index in [1.807, 2.05) is 19.0 Å². The molecule has 0 spiro atoms. The zero-order chi connectivity index (χ0) is 15.3. The average molecular weight is 311 g/mol. The van der Waals surface area contributed by atoms with Gasteiger partial charge in [-0.3, -0.25) is 0 Å². The predicted molar refractivity (Wildman–Crippen MR) is 74.9 cm³/mol. The lowest BCUT2D eigenvalue weighted by Gasteiger charge is -2.09. The van der Waals surface area contributed by atoms with Crippen LogP contribution in [-0.2, 0) is 9.84 Å². The summed E-state index contributed by atoms with van der Waals surface area (Å²) in [6.07, 6.45) is 0.741. The number of benzene rings is 1. The molecule has 1 aromatic heterocycles. The number of sulfone groups is 1. The molecule has 2 rings (SSSR count). The Balaban J connectivity index is 2.13. The summed E-state index contributed by atoms with van der Waals surface area (Å²) in [6, 6.07) is 7.98. The molecule has 0 fully saturated rings. The van der Waals surface area contributed by atoms with Crippen molar-refractivity contribution in [3.05, 3.63) is 30.3 Å². The second-order valence-electron chi connectivity index (χ2n) is 4.70. The molecule has 1 aromatic carbocycles. The molecule has 0 unspecified atom stereocenters. The maximum atomic E-state index is 12.4. The molecule has 2 aromatic rings. The molecule has 0 radical (unpaired) electrons. The zero-order valence-corrected chi connectivity index (χ0v) is 12.7. The molecule has 0 atom stereocenters. The Hall–Kier alpha value is -1.93. The Morgan fingerprint density at radius 2 is 1.90 bits per heavy atom. The summed E-state index contributed by atoms with van der Waals surface area (Å²) in [7, 11) is 0.112. The molecule has 7 nitrogen and oxygen atoms in total. The number of ether oxygens (including phenoxy) is 1. The van der Waals surface area contributed by atoms with E-state index >= 15 is 0 Å². The van der Waals surface area contributed by atoms with Crippen molar-refractivity contribution in [1.82, 2.24) is 15.2 Å². The van der Waals surface area contributed by atoms with Crippen LogP contribution < -0.4 is 4.74 Å². The molecule has 0 saturated heterocycles. The van der Waals surface area contributed by atoms with Crippen LogP contribution in [0.3, 0.4) is 0 Å². The lowest BCUT2D eigenvalue weighted by Crippen LogP contribution is -2.16. The van der Waals surface area contributed by atoms with Gasteiger partial charge in [0.25, 0.3) is 10.9 Å². The van der Waals surface area contributed by atoms with E-state index in [2.05, 4.69) is 14.9 Å². The zero-order valence-electron chi connectivity index (χ0n) is 11.9. The van der Waals surface area contributed by atoms with Crippen LogP contribution in [-0.4, -0.2) is 50.9 Å². The largest absolute Gasteiger partial charge is 0.473 e. The normalized spacial score (nSPS) is 11.8. The van der Waals surface area contributed by atoms with Crippen LogP contribution in [0.2, 0.25) is 0 Å². The Bertz CT molecular complexity index is 668. The van der Waals surface area contributed by atoms with Crippen molar-refractivity contribution in [2.45, 2.75) is 16.3 Å². The minimum absolute atomic E-state index is 0.0994. The van der Waals surface area contributed by atoms with Gasteiger partial charge in [-0.15, -0.1) is 0 Å². The van der Waals surface area contributed by atoms with E-state index in [0.717, 1.165) is 13.0 Å². The van der Waals surface area contributed by atoms with Crippen molar-refractivity contribution in [1.29, 1.82) is 0 Å². The first-order chi connectivity index (χ1) is 10.0. The predicted octanol–water partition coefficient (Wildman–Crippen LogP) is 1.23. The lowest BCUT2D eigenvalue weighted by atomic mass is 10.4. The second kappa shape index (κ2) is 6.68. The minimum Gasteiger partial charge on any atom is -0.473 e. The fourth-order valence-electron chi connectivity index (χ4n) is 1.69. The highest BCUT2D eigenvalue weighted by atomic mass is 32.2. The first-order valence-electron chi connectivity index (χ1n) is 6.42. The van der Waals surface area contributed by atoms with Crippen molar-refractivity contribution < 1.29 is 17.8 Å². The molecule has 0 aliphatic heterocycles. The monoisotopic (exact) mass is 311 g/mol. The number of nitrogens with zero attached hydrogens (tertiary/aromatic N) is 3. The van der Waals surface area contributed by atoms with Gasteiger partial charge in [-0.1, -0.05) is 18.2 Å². The summed E-state index contributed by atoms with van der Waals surface area (Å²) < 4.78 is 34.7. The van der Waals surface area contributed by atoms with Crippen molar-refractivity contribution >= 4 is 9.84 Å². The van der Waals surface area contributed by atoms with Gasteiger partial charge in [-0.2, -0.15) is 0 Å². The molecular formula is C13H17N3O4S. The fourth-order valence-corrected chi connectivity index (χ4v) is 2.88. The van der Waals surface area contributed by atoms with Gasteiger partial charge in [0.2, 0.25) is 9.84 Å². The van der Waals surface area contributed by atoms with Gasteiger partial charge < -0.3 is 9.64 Å². The summed E-state index contributed by atoms with van der Waals surface area (Å²) in [5, 5.41) is 6.70. The van der Waals surface area contributed by atoms with E-state index in [-0.39, 0.29) is 15.8 Å². The lowest BCUT2D eigenvalue weighted by molar-refractivity contribution is 0.242. The van der Waals surface area contributed by atoms with Gasteiger partial charge in [-0.25, -0.2) is 13.0 Å². The molecule has 0 aliphatic rings. The minimum atomic E-state index is -3.78. The molecule has 0 amide bonds. The highest BCUT2D eigenvalue weighted by Crippen LogP contribution is 2.25. The number of hydrogen-bond acceptors (Lipinski definition) is 7. The van der Waals surface area contributed by atoms with E-state index in [9.17, 15) is 8.42 Å². The first kappa shape index (κ1) is 15.5. The maximum Gasteiger partial charge on any atom is 0.295 e. The summed E-state index contributed by atoms with van der Waals surface area (Å²) in [5.74, 6) is -0.0994. The third kappa shape index (κ3) is 3.79. The van der Waals surface area contributed by atoms with Gasteiger partial charge in [0.1, 0.15) is 0 Å². The molecule has 0 aliphatic carbocycles. The maximum absolute atomic E-state index is 12.4. The summed E-state index contributed by atoms with van der Waals surface area (Å²) in [6.45, 7) is 1.16. The topological polar surface area (TPSA) is 85.5 Å². The average Bonchev–Trinajstić information content (AvgIpc) is 2.93. The molecule has 21 heavy (non-hydrogen) atoms. The van der Waals surface area contributed by atoms with Crippen molar-refractivity contribution in [2.75, 3.05) is 27.2 Å². The Labute approximate surface area is 123 Å². The first-order valence-corrected chi connectivity index (χ1v) is 7.90. The van der Waals surface area contributed by atoms with Crippen molar-refractivity contribution in [3.8, 4) is 5.88 Å². The van der Waals surface area contributed by atoms with E-state index in [0.29, 0.717) is 6.61 Å². The fraction of sp³-hybridized carbons (Fsp3) is 0.385. The SMILES string of the molecule is CN(C)CCCOc1nonc1S(=O)(=O)c1ccccc1. The van der Waals surface area contributed by atoms with Crippen LogP contribution in [0.5, 0.6) is 5.88 Å². The van der Waals surface area contributed by atoms with Crippen LogP contribution in [0.15, 0.2) is 44.9 Å². The molecular weight excluding hydrogens is 294 g/mol. The standard InChI is InChI=1S/C13H17N3O4S/c1-16(2)9-6-10-19-12-13(15-20-14-12)21(17,18)11-7-4-3-5-8-11/h3-5,7-8H,6,9-10H2,1-2H3. The van der Waals surface area contributed by atoms with Crippen LogP contribution in [0, 0.1) is 0 Å². The van der Waals surface area contributed by atoms with E-state index in [1.165, 1.54) is 12.1 Å². The molecule has 0 bridgehead atoms. The van der Waals surface area contributed by atoms with Crippen molar-refractivity contribution in [2.24, 2.45) is 0 Å². The quantitative estimate of drug-likeness (QED) is 0.711. The molecule has 8 heteroatoms. The third-order valence-corrected chi connectivity index (χ3v) is 4.38. The van der Waals surface area contributed by atoms with Crippen LogP contribution >= 0.6 is 0 Å². The van der Waals surface area contributed by atoms with Gasteiger partial charge in [0.15, 0.2) is 0 Å². The number of rotatable bonds is 7.